The molecule has 158 valence electrons. The van der Waals surface area contributed by atoms with Crippen molar-refractivity contribution in [1.82, 2.24) is 4.98 Å². The third-order valence-electron chi connectivity index (χ3n) is 6.28. The summed E-state index contributed by atoms with van der Waals surface area (Å²) in [4.78, 5) is 5.12. The van der Waals surface area contributed by atoms with Crippen LogP contribution in [-0.4, -0.2) is 4.98 Å². The van der Waals surface area contributed by atoms with Crippen LogP contribution in [-0.2, 0) is 7.05 Å². The molecule has 0 aliphatic carbocycles. The number of aromatic nitrogens is 2. The smallest absolute Gasteiger partial charge is 0.331 e. The summed E-state index contributed by atoms with van der Waals surface area (Å²) in [5, 5.41) is 5.80. The van der Waals surface area contributed by atoms with E-state index in [0.717, 1.165) is 39.2 Å². The quantitative estimate of drug-likeness (QED) is 0.222. The summed E-state index contributed by atoms with van der Waals surface area (Å²) in [6, 6.07) is 33.2. The first kappa shape index (κ1) is 19.4. The predicted molar refractivity (Wildman–Crippen MR) is 135 cm³/mol. The Labute approximate surface area is 192 Å². The van der Waals surface area contributed by atoms with E-state index < -0.39 is 0 Å². The zero-order valence-corrected chi connectivity index (χ0v) is 18.6. The second-order valence-corrected chi connectivity index (χ2v) is 8.44. The minimum Gasteiger partial charge on any atom is -0.457 e. The lowest BCUT2D eigenvalue weighted by atomic mass is 9.98. The number of ether oxygens (including phenoxy) is 1. The number of rotatable bonds is 3. The number of benzene rings is 5. The van der Waals surface area contributed by atoms with Gasteiger partial charge < -0.3 is 4.74 Å². The highest BCUT2D eigenvalue weighted by atomic mass is 16.5. The van der Waals surface area contributed by atoms with Crippen LogP contribution in [0.4, 0.5) is 0 Å². The topological polar surface area (TPSA) is 26.0 Å². The van der Waals surface area contributed by atoms with E-state index in [4.69, 9.17) is 9.72 Å². The normalized spacial score (nSPS) is 11.3. The lowest BCUT2D eigenvalue weighted by molar-refractivity contribution is -0.661. The Morgan fingerprint density at radius 3 is 2.15 bits per heavy atom. The first-order valence-corrected chi connectivity index (χ1v) is 11.1. The van der Waals surface area contributed by atoms with Crippen LogP contribution in [0.2, 0.25) is 0 Å². The summed E-state index contributed by atoms with van der Waals surface area (Å²) in [5.74, 6) is 2.57. The van der Waals surface area contributed by atoms with Crippen molar-refractivity contribution in [3.8, 4) is 22.9 Å². The van der Waals surface area contributed by atoms with Crippen molar-refractivity contribution in [2.45, 2.75) is 6.92 Å². The van der Waals surface area contributed by atoms with Crippen LogP contribution in [0.5, 0.6) is 11.5 Å². The van der Waals surface area contributed by atoms with Crippen molar-refractivity contribution in [2.75, 3.05) is 0 Å². The second-order valence-electron chi connectivity index (χ2n) is 8.44. The molecule has 0 saturated heterocycles. The zero-order valence-electron chi connectivity index (χ0n) is 18.6. The van der Waals surface area contributed by atoms with Gasteiger partial charge in [0.05, 0.1) is 18.0 Å². The Balaban J connectivity index is 1.59. The van der Waals surface area contributed by atoms with Crippen LogP contribution in [0.3, 0.4) is 0 Å². The maximum absolute atomic E-state index is 6.36. The van der Waals surface area contributed by atoms with Gasteiger partial charge in [0.15, 0.2) is 5.52 Å². The Morgan fingerprint density at radius 2 is 1.36 bits per heavy atom. The summed E-state index contributed by atoms with van der Waals surface area (Å²) >= 11 is 0. The zero-order chi connectivity index (χ0) is 22.4. The SMILES string of the molecule is Cc1c(-c2nc3cc4ccccc4cc3c[n+]2C)cc(Oc2ccccc2)c2ccccc12. The molecule has 0 saturated carbocycles. The van der Waals surface area contributed by atoms with Gasteiger partial charge in [-0.3, -0.25) is 0 Å². The van der Waals surface area contributed by atoms with Gasteiger partial charge in [-0.2, -0.15) is 0 Å². The average molecular weight is 428 g/mol. The molecule has 0 N–H and O–H groups in total. The van der Waals surface area contributed by atoms with Gasteiger partial charge >= 0.3 is 5.82 Å². The summed E-state index contributed by atoms with van der Waals surface area (Å²) < 4.78 is 8.47. The maximum Gasteiger partial charge on any atom is 0.331 e. The van der Waals surface area contributed by atoms with E-state index in [1.165, 1.54) is 21.7 Å². The summed E-state index contributed by atoms with van der Waals surface area (Å²) in [5.41, 5.74) is 3.24. The van der Waals surface area contributed by atoms with Gasteiger partial charge in [-0.25, -0.2) is 4.57 Å². The number of para-hydroxylation sites is 1. The fourth-order valence-electron chi connectivity index (χ4n) is 4.58. The average Bonchev–Trinajstić information content (AvgIpc) is 2.85. The molecule has 0 radical (unpaired) electrons. The van der Waals surface area contributed by atoms with E-state index in [0.29, 0.717) is 0 Å². The van der Waals surface area contributed by atoms with E-state index in [-0.39, 0.29) is 0 Å². The molecule has 0 bridgehead atoms. The molecule has 3 nitrogen and oxygen atoms in total. The van der Waals surface area contributed by atoms with Gasteiger partial charge in [0.1, 0.15) is 17.7 Å². The minimum atomic E-state index is 0.819. The van der Waals surface area contributed by atoms with Gasteiger partial charge in [-0.15, -0.1) is 0 Å². The molecule has 0 aliphatic heterocycles. The van der Waals surface area contributed by atoms with Crippen LogP contribution in [0, 0.1) is 6.92 Å². The highest BCUT2D eigenvalue weighted by Crippen LogP contribution is 2.37. The Morgan fingerprint density at radius 1 is 0.697 bits per heavy atom. The Bertz CT molecular complexity index is 1660. The molecular weight excluding hydrogens is 404 g/mol. The van der Waals surface area contributed by atoms with E-state index in [2.05, 4.69) is 91.5 Å². The second kappa shape index (κ2) is 7.72. The van der Waals surface area contributed by atoms with Crippen molar-refractivity contribution in [1.29, 1.82) is 0 Å². The minimum absolute atomic E-state index is 0.819. The number of hydrogen-bond acceptors (Lipinski definition) is 2. The molecule has 0 atom stereocenters. The maximum atomic E-state index is 6.36. The van der Waals surface area contributed by atoms with E-state index in [1.54, 1.807) is 0 Å². The van der Waals surface area contributed by atoms with Crippen LogP contribution < -0.4 is 9.30 Å². The largest absolute Gasteiger partial charge is 0.457 e. The van der Waals surface area contributed by atoms with Gasteiger partial charge in [-0.05, 0) is 64.0 Å². The monoisotopic (exact) mass is 427 g/mol. The number of nitrogens with zero attached hydrogens (tertiary/aromatic N) is 2. The predicted octanol–water partition coefficient (Wildman–Crippen LogP) is 7.13. The number of aryl methyl sites for hydroxylation is 2. The fraction of sp³-hybridized carbons (Fsp3) is 0.0667. The molecule has 6 aromatic rings. The van der Waals surface area contributed by atoms with Crippen LogP contribution in [0.15, 0.2) is 103 Å². The van der Waals surface area contributed by atoms with E-state index >= 15 is 0 Å². The molecule has 5 aromatic carbocycles. The van der Waals surface area contributed by atoms with Gasteiger partial charge in [0.25, 0.3) is 0 Å². The van der Waals surface area contributed by atoms with Crippen LogP contribution >= 0.6 is 0 Å². The first-order valence-electron chi connectivity index (χ1n) is 11.1. The molecule has 33 heavy (non-hydrogen) atoms. The van der Waals surface area contributed by atoms with Gasteiger partial charge in [0.2, 0.25) is 0 Å². The first-order chi connectivity index (χ1) is 16.2. The molecular formula is C30H23N2O+. The van der Waals surface area contributed by atoms with Gasteiger partial charge in [-0.1, -0.05) is 66.7 Å². The lowest BCUT2D eigenvalue weighted by Crippen LogP contribution is -2.32. The third-order valence-corrected chi connectivity index (χ3v) is 6.28. The van der Waals surface area contributed by atoms with E-state index in [1.807, 2.05) is 30.3 Å². The van der Waals surface area contributed by atoms with Crippen molar-refractivity contribution < 1.29 is 9.30 Å². The standard InChI is InChI=1S/C30H23N2O/c1-20-25-14-8-9-15-26(25)29(33-24-12-4-3-5-13-24)18-27(20)30-31-28-17-22-11-7-6-10-21(22)16-23(28)19-32(30)2/h3-19H,1-2H3/q+1. The molecule has 1 heterocycles. The molecule has 0 spiro atoms. The van der Waals surface area contributed by atoms with Gasteiger partial charge in [0, 0.05) is 5.39 Å². The molecule has 3 heteroatoms. The summed E-state index contributed by atoms with van der Waals surface area (Å²) in [6.45, 7) is 2.16. The molecule has 0 fully saturated rings. The van der Waals surface area contributed by atoms with Crippen molar-refractivity contribution in [3.63, 3.8) is 0 Å². The van der Waals surface area contributed by atoms with Crippen molar-refractivity contribution in [3.05, 3.63) is 109 Å². The third kappa shape index (κ3) is 3.39. The molecule has 0 aliphatic rings. The Hall–Kier alpha value is -4.24. The van der Waals surface area contributed by atoms with Crippen LogP contribution in [0.1, 0.15) is 5.56 Å². The molecule has 0 unspecified atom stereocenters. The van der Waals surface area contributed by atoms with Crippen molar-refractivity contribution >= 4 is 32.4 Å². The Kier molecular flexibility index (Phi) is 4.55. The van der Waals surface area contributed by atoms with E-state index in [9.17, 15) is 0 Å². The highest BCUT2D eigenvalue weighted by Gasteiger charge is 2.21. The molecule has 1 aromatic heterocycles. The molecule has 0 amide bonds. The summed E-state index contributed by atoms with van der Waals surface area (Å²) in [6.07, 6.45) is 2.16. The van der Waals surface area contributed by atoms with Crippen molar-refractivity contribution in [2.24, 2.45) is 7.05 Å². The van der Waals surface area contributed by atoms with Crippen LogP contribution in [0.25, 0.3) is 43.8 Å². The fourth-order valence-corrected chi connectivity index (χ4v) is 4.58. The highest BCUT2D eigenvalue weighted by molar-refractivity contribution is 5.98. The lowest BCUT2D eigenvalue weighted by Gasteiger charge is -2.14. The summed E-state index contributed by atoms with van der Waals surface area (Å²) in [7, 11) is 2.06. The molecule has 6 rings (SSSR count). The number of fused-ring (bicyclic) bond motifs is 3. The number of hydrogen-bond donors (Lipinski definition) is 0.